The Morgan fingerprint density at radius 2 is 1.95 bits per heavy atom. The van der Waals surface area contributed by atoms with Crippen molar-refractivity contribution in [2.45, 2.75) is 52.2 Å². The smallest absolute Gasteiger partial charge is 0.427 e. The van der Waals surface area contributed by atoms with E-state index in [9.17, 15) is 9.59 Å². The van der Waals surface area contributed by atoms with E-state index in [1.54, 1.807) is 6.07 Å². The molecule has 0 radical (unpaired) electrons. The van der Waals surface area contributed by atoms with Gasteiger partial charge in [-0.25, -0.2) is 4.79 Å². The fraction of sp³-hybridized carbons (Fsp3) is 0.529. The normalized spacial score (nSPS) is 23.1. The molecule has 3 rings (SSSR count). The van der Waals surface area contributed by atoms with Crippen LogP contribution in [0.15, 0.2) is 18.2 Å². The van der Waals surface area contributed by atoms with Gasteiger partial charge in [-0.2, -0.15) is 0 Å². The number of fused-ring (bicyclic) bond motifs is 2. The molecule has 1 aliphatic carbocycles. The van der Waals surface area contributed by atoms with E-state index in [0.717, 1.165) is 11.1 Å². The van der Waals surface area contributed by atoms with Crippen LogP contribution in [0.4, 0.5) is 4.79 Å². The molecular weight excluding hydrogens is 284 g/mol. The summed E-state index contributed by atoms with van der Waals surface area (Å²) in [5.74, 6) is 0.315. The predicted octanol–water partition coefficient (Wildman–Crippen LogP) is 3.03. The van der Waals surface area contributed by atoms with E-state index >= 15 is 0 Å². The molecule has 22 heavy (non-hydrogen) atoms. The Labute approximate surface area is 129 Å². The van der Waals surface area contributed by atoms with E-state index in [2.05, 4.69) is 0 Å². The first-order valence-electron chi connectivity index (χ1n) is 7.61. The molecule has 0 bridgehead atoms. The van der Waals surface area contributed by atoms with Gasteiger partial charge in [-0.1, -0.05) is 19.1 Å². The molecule has 0 spiro atoms. The summed E-state index contributed by atoms with van der Waals surface area (Å²) in [5.41, 5.74) is 1.45. The van der Waals surface area contributed by atoms with Crippen LogP contribution in [0.2, 0.25) is 0 Å². The van der Waals surface area contributed by atoms with Crippen molar-refractivity contribution in [1.82, 2.24) is 0 Å². The Balaban J connectivity index is 1.85. The third kappa shape index (κ3) is 2.56. The van der Waals surface area contributed by atoms with Crippen LogP contribution in [0.1, 0.15) is 38.3 Å². The molecule has 5 heteroatoms. The average Bonchev–Trinajstić information content (AvgIpc) is 2.84. The summed E-state index contributed by atoms with van der Waals surface area (Å²) >= 11 is 0. The van der Waals surface area contributed by atoms with Crippen LogP contribution in [0.25, 0.3) is 0 Å². The zero-order chi connectivity index (χ0) is 15.9. The molecule has 1 aliphatic heterocycles. The minimum Gasteiger partial charge on any atom is -0.427 e. The first-order valence-corrected chi connectivity index (χ1v) is 7.61. The Morgan fingerprint density at radius 3 is 2.64 bits per heavy atom. The number of carbonyl (C=O) groups is 2. The second-order valence-corrected chi connectivity index (χ2v) is 6.49. The third-order valence-corrected chi connectivity index (χ3v) is 4.61. The van der Waals surface area contributed by atoms with Gasteiger partial charge in [-0.15, -0.1) is 0 Å². The van der Waals surface area contributed by atoms with E-state index in [-0.39, 0.29) is 18.2 Å². The summed E-state index contributed by atoms with van der Waals surface area (Å²) in [6, 6.07) is 5.62. The molecule has 1 aromatic carbocycles. The maximum Gasteiger partial charge on any atom is 0.509 e. The van der Waals surface area contributed by atoms with Gasteiger partial charge in [-0.3, -0.25) is 4.79 Å². The summed E-state index contributed by atoms with van der Waals surface area (Å²) in [6.07, 6.45) is 0.665. The van der Waals surface area contributed by atoms with Crippen molar-refractivity contribution < 1.29 is 23.8 Å². The molecular formula is C17H20O5. The summed E-state index contributed by atoms with van der Waals surface area (Å²) < 4.78 is 15.9. The monoisotopic (exact) mass is 304 g/mol. The van der Waals surface area contributed by atoms with Crippen LogP contribution in [0.3, 0.4) is 0 Å². The molecule has 1 aromatic rings. The maximum absolute atomic E-state index is 12.3. The van der Waals surface area contributed by atoms with Gasteiger partial charge < -0.3 is 14.2 Å². The Kier molecular flexibility index (Phi) is 3.59. The Morgan fingerprint density at radius 1 is 1.27 bits per heavy atom. The van der Waals surface area contributed by atoms with Gasteiger partial charge in [0.1, 0.15) is 18.0 Å². The van der Waals surface area contributed by atoms with E-state index < -0.39 is 11.6 Å². The molecule has 0 saturated carbocycles. The van der Waals surface area contributed by atoms with Gasteiger partial charge in [0.25, 0.3) is 0 Å². The lowest BCUT2D eigenvalue weighted by atomic mass is 9.87. The van der Waals surface area contributed by atoms with Gasteiger partial charge in [-0.05, 0) is 31.9 Å². The molecule has 1 fully saturated rings. The van der Waals surface area contributed by atoms with Crippen LogP contribution >= 0.6 is 0 Å². The highest BCUT2D eigenvalue weighted by Crippen LogP contribution is 2.36. The van der Waals surface area contributed by atoms with E-state index in [1.807, 2.05) is 32.9 Å². The van der Waals surface area contributed by atoms with Gasteiger partial charge in [0.05, 0.1) is 5.41 Å². The first-order chi connectivity index (χ1) is 10.4. The van der Waals surface area contributed by atoms with E-state index in [4.69, 9.17) is 14.2 Å². The minimum atomic E-state index is -0.617. The van der Waals surface area contributed by atoms with Crippen LogP contribution in [-0.4, -0.2) is 24.3 Å². The van der Waals surface area contributed by atoms with Crippen molar-refractivity contribution in [2.24, 2.45) is 5.41 Å². The molecule has 5 nitrogen and oxygen atoms in total. The summed E-state index contributed by atoms with van der Waals surface area (Å²) in [4.78, 5) is 23.6. The molecule has 0 aromatic heterocycles. The van der Waals surface area contributed by atoms with Crippen molar-refractivity contribution in [3.8, 4) is 5.75 Å². The number of rotatable bonds is 3. The summed E-state index contributed by atoms with van der Waals surface area (Å²) in [5, 5.41) is 0. The van der Waals surface area contributed by atoms with Crippen molar-refractivity contribution in [3.05, 3.63) is 29.3 Å². The Hall–Kier alpha value is -2.04. The Bertz CT molecular complexity index is 619. The summed E-state index contributed by atoms with van der Waals surface area (Å²) in [7, 11) is 0. The van der Waals surface area contributed by atoms with Crippen molar-refractivity contribution in [1.29, 1.82) is 0 Å². The maximum atomic E-state index is 12.3. The van der Waals surface area contributed by atoms with Crippen molar-refractivity contribution in [2.75, 3.05) is 0 Å². The van der Waals surface area contributed by atoms with Gasteiger partial charge in [0, 0.05) is 18.4 Å². The topological polar surface area (TPSA) is 61.8 Å². The largest absolute Gasteiger partial charge is 0.509 e. The minimum absolute atomic E-state index is 0.238. The van der Waals surface area contributed by atoms with Crippen LogP contribution in [0.5, 0.6) is 5.75 Å². The highest BCUT2D eigenvalue weighted by molar-refractivity contribution is 5.78. The standard InChI is InChI=1S/C17H20O5/c1-4-17(2,3)15(18)20-12-7-5-6-10-8-13-14(9-11(10)12)22-16(19)21-13/h5-7,13-14H,4,8-9H2,1-3H3. The fourth-order valence-corrected chi connectivity index (χ4v) is 2.70. The predicted molar refractivity (Wildman–Crippen MR) is 78.7 cm³/mol. The van der Waals surface area contributed by atoms with Gasteiger partial charge in [0.2, 0.25) is 0 Å². The fourth-order valence-electron chi connectivity index (χ4n) is 2.70. The molecule has 118 valence electrons. The molecule has 0 N–H and O–H groups in total. The lowest BCUT2D eigenvalue weighted by molar-refractivity contribution is -0.144. The lowest BCUT2D eigenvalue weighted by Gasteiger charge is -2.27. The summed E-state index contributed by atoms with van der Waals surface area (Å²) in [6.45, 7) is 5.70. The highest BCUT2D eigenvalue weighted by atomic mass is 16.8. The van der Waals surface area contributed by atoms with E-state index in [0.29, 0.717) is 25.0 Å². The van der Waals surface area contributed by atoms with Gasteiger partial charge >= 0.3 is 12.1 Å². The van der Waals surface area contributed by atoms with Crippen LogP contribution < -0.4 is 4.74 Å². The molecule has 2 unspecified atom stereocenters. The molecule has 1 saturated heterocycles. The molecule has 1 heterocycles. The van der Waals surface area contributed by atoms with Crippen molar-refractivity contribution in [3.63, 3.8) is 0 Å². The number of hydrogen-bond donors (Lipinski definition) is 0. The van der Waals surface area contributed by atoms with Crippen LogP contribution in [0, 0.1) is 5.41 Å². The second-order valence-electron chi connectivity index (χ2n) is 6.49. The molecule has 2 aliphatic rings. The molecule has 0 amide bonds. The zero-order valence-electron chi connectivity index (χ0n) is 13.0. The quantitative estimate of drug-likeness (QED) is 0.634. The number of ether oxygens (including phenoxy) is 3. The van der Waals surface area contributed by atoms with Crippen molar-refractivity contribution >= 4 is 12.1 Å². The lowest BCUT2D eigenvalue weighted by Crippen LogP contribution is -2.33. The SMILES string of the molecule is CCC(C)(C)C(=O)Oc1cccc2c1CC1OC(=O)OC1C2. The van der Waals surface area contributed by atoms with Gasteiger partial charge in [0.15, 0.2) is 0 Å². The first kappa shape index (κ1) is 14.9. The van der Waals surface area contributed by atoms with Crippen LogP contribution in [-0.2, 0) is 27.1 Å². The second kappa shape index (κ2) is 5.30. The average molecular weight is 304 g/mol. The number of carbonyl (C=O) groups excluding carboxylic acids is 2. The number of hydrogen-bond acceptors (Lipinski definition) is 5. The number of benzene rings is 1. The number of esters is 1. The third-order valence-electron chi connectivity index (χ3n) is 4.61. The highest BCUT2D eigenvalue weighted by Gasteiger charge is 2.41. The molecule has 2 atom stereocenters. The zero-order valence-corrected chi connectivity index (χ0v) is 13.0. The van der Waals surface area contributed by atoms with E-state index in [1.165, 1.54) is 0 Å².